The van der Waals surface area contributed by atoms with Gasteiger partial charge in [-0.25, -0.2) is 0 Å². The Bertz CT molecular complexity index is 688. The van der Waals surface area contributed by atoms with Gasteiger partial charge in [0.1, 0.15) is 17.2 Å². The molecule has 0 saturated carbocycles. The van der Waals surface area contributed by atoms with Gasteiger partial charge in [-0.05, 0) is 43.3 Å². The maximum atomic E-state index is 12.4. The lowest BCUT2D eigenvalue weighted by atomic mass is 10.2. The minimum Gasteiger partial charge on any atom is -0.497 e. The van der Waals surface area contributed by atoms with E-state index in [0.717, 1.165) is 10.6 Å². The third kappa shape index (κ3) is 4.58. The van der Waals surface area contributed by atoms with Gasteiger partial charge in [0.05, 0.1) is 32.3 Å². The Hall–Kier alpha value is -2.34. The quantitative estimate of drug-likeness (QED) is 0.772. The highest BCUT2D eigenvalue weighted by Crippen LogP contribution is 2.31. The number of methoxy groups -OCH3 is 3. The SMILES string of the molecule is COc1ccc(SC(C)C(=O)Nc2ccc(OC)cc2OC)cc1. The molecule has 0 fully saturated rings. The zero-order chi connectivity index (χ0) is 17.5. The summed E-state index contributed by atoms with van der Waals surface area (Å²) in [6.07, 6.45) is 0. The molecule has 0 aliphatic heterocycles. The number of benzene rings is 2. The van der Waals surface area contributed by atoms with E-state index < -0.39 is 0 Å². The molecular weight excluding hydrogens is 326 g/mol. The van der Waals surface area contributed by atoms with E-state index in [2.05, 4.69) is 5.32 Å². The minimum atomic E-state index is -0.259. The second-order valence-electron chi connectivity index (χ2n) is 4.99. The van der Waals surface area contributed by atoms with Gasteiger partial charge >= 0.3 is 0 Å². The van der Waals surface area contributed by atoms with Crippen molar-refractivity contribution in [2.45, 2.75) is 17.1 Å². The third-order valence-corrected chi connectivity index (χ3v) is 4.52. The van der Waals surface area contributed by atoms with Crippen LogP contribution in [0.15, 0.2) is 47.4 Å². The van der Waals surface area contributed by atoms with E-state index in [0.29, 0.717) is 17.2 Å². The second-order valence-corrected chi connectivity index (χ2v) is 6.41. The van der Waals surface area contributed by atoms with Crippen LogP contribution < -0.4 is 19.5 Å². The van der Waals surface area contributed by atoms with Gasteiger partial charge in [-0.1, -0.05) is 0 Å². The molecule has 0 spiro atoms. The molecule has 5 nitrogen and oxygen atoms in total. The highest BCUT2D eigenvalue weighted by atomic mass is 32.2. The first-order valence-electron chi connectivity index (χ1n) is 7.41. The first-order valence-corrected chi connectivity index (χ1v) is 8.29. The fourth-order valence-corrected chi connectivity index (χ4v) is 2.92. The predicted octanol–water partition coefficient (Wildman–Crippen LogP) is 3.83. The van der Waals surface area contributed by atoms with Crippen LogP contribution in [0.3, 0.4) is 0 Å². The first kappa shape index (κ1) is 18.0. The topological polar surface area (TPSA) is 56.8 Å². The fourth-order valence-electron chi connectivity index (χ4n) is 2.05. The summed E-state index contributed by atoms with van der Waals surface area (Å²) in [6.45, 7) is 1.86. The van der Waals surface area contributed by atoms with Gasteiger partial charge in [-0.15, -0.1) is 11.8 Å². The standard InChI is InChI=1S/C18H21NO4S/c1-12(24-15-8-5-13(21-2)6-9-15)18(20)19-16-10-7-14(22-3)11-17(16)23-4/h5-12H,1-4H3,(H,19,20). The van der Waals surface area contributed by atoms with Gasteiger partial charge in [0.15, 0.2) is 0 Å². The number of amides is 1. The molecule has 0 radical (unpaired) electrons. The monoisotopic (exact) mass is 347 g/mol. The molecule has 2 aromatic rings. The van der Waals surface area contributed by atoms with Gasteiger partial charge in [-0.3, -0.25) is 4.79 Å². The molecule has 128 valence electrons. The lowest BCUT2D eigenvalue weighted by Gasteiger charge is -2.15. The molecule has 1 unspecified atom stereocenters. The van der Waals surface area contributed by atoms with Crippen LogP contribution in [-0.4, -0.2) is 32.5 Å². The summed E-state index contributed by atoms with van der Waals surface area (Å²) in [5.74, 6) is 1.92. The van der Waals surface area contributed by atoms with Crippen molar-refractivity contribution >= 4 is 23.4 Å². The number of rotatable bonds is 7. The van der Waals surface area contributed by atoms with Crippen molar-refractivity contribution < 1.29 is 19.0 Å². The number of carbonyl (C=O) groups is 1. The largest absolute Gasteiger partial charge is 0.497 e. The first-order chi connectivity index (χ1) is 11.6. The molecule has 2 aromatic carbocycles. The Kier molecular flexibility index (Phi) is 6.37. The van der Waals surface area contributed by atoms with E-state index in [-0.39, 0.29) is 11.2 Å². The molecule has 2 rings (SSSR count). The van der Waals surface area contributed by atoms with Crippen molar-refractivity contribution in [3.63, 3.8) is 0 Å². The van der Waals surface area contributed by atoms with Crippen molar-refractivity contribution in [1.82, 2.24) is 0 Å². The molecule has 24 heavy (non-hydrogen) atoms. The molecule has 1 atom stereocenters. The van der Waals surface area contributed by atoms with E-state index in [1.54, 1.807) is 39.5 Å². The maximum Gasteiger partial charge on any atom is 0.237 e. The van der Waals surface area contributed by atoms with Crippen molar-refractivity contribution in [3.8, 4) is 17.2 Å². The van der Waals surface area contributed by atoms with Crippen LogP contribution >= 0.6 is 11.8 Å². The molecule has 0 aromatic heterocycles. The molecule has 1 amide bonds. The van der Waals surface area contributed by atoms with Crippen LogP contribution in [0.4, 0.5) is 5.69 Å². The lowest BCUT2D eigenvalue weighted by Crippen LogP contribution is -2.22. The summed E-state index contributed by atoms with van der Waals surface area (Å²) in [6, 6.07) is 12.9. The van der Waals surface area contributed by atoms with Crippen LogP contribution in [0.25, 0.3) is 0 Å². The van der Waals surface area contributed by atoms with Crippen molar-refractivity contribution in [3.05, 3.63) is 42.5 Å². The van der Waals surface area contributed by atoms with Crippen molar-refractivity contribution in [2.24, 2.45) is 0 Å². The number of hydrogen-bond acceptors (Lipinski definition) is 5. The molecular formula is C18H21NO4S. The average Bonchev–Trinajstić information content (AvgIpc) is 2.62. The van der Waals surface area contributed by atoms with Crippen LogP contribution in [0.1, 0.15) is 6.92 Å². The zero-order valence-electron chi connectivity index (χ0n) is 14.2. The lowest BCUT2D eigenvalue weighted by molar-refractivity contribution is -0.115. The normalized spacial score (nSPS) is 11.5. The van der Waals surface area contributed by atoms with Gasteiger partial charge in [0.2, 0.25) is 5.91 Å². The number of carbonyl (C=O) groups excluding carboxylic acids is 1. The van der Waals surface area contributed by atoms with E-state index in [9.17, 15) is 4.79 Å². The van der Waals surface area contributed by atoms with Crippen LogP contribution in [0.2, 0.25) is 0 Å². The molecule has 0 heterocycles. The van der Waals surface area contributed by atoms with Gasteiger partial charge in [0, 0.05) is 11.0 Å². The number of thioether (sulfide) groups is 1. The average molecular weight is 347 g/mol. The summed E-state index contributed by atoms with van der Waals surface area (Å²) in [7, 11) is 4.76. The van der Waals surface area contributed by atoms with Crippen molar-refractivity contribution in [1.29, 1.82) is 0 Å². The van der Waals surface area contributed by atoms with Crippen LogP contribution in [-0.2, 0) is 4.79 Å². The highest BCUT2D eigenvalue weighted by molar-refractivity contribution is 8.00. The van der Waals surface area contributed by atoms with E-state index in [1.165, 1.54) is 11.8 Å². The molecule has 0 bridgehead atoms. The van der Waals surface area contributed by atoms with E-state index >= 15 is 0 Å². The van der Waals surface area contributed by atoms with Crippen LogP contribution in [0.5, 0.6) is 17.2 Å². The summed E-state index contributed by atoms with van der Waals surface area (Å²) in [5, 5.41) is 2.63. The Labute approximate surface area is 146 Å². The number of ether oxygens (including phenoxy) is 3. The second kappa shape index (κ2) is 8.49. The Morgan fingerprint density at radius 1 is 0.958 bits per heavy atom. The molecule has 0 saturated heterocycles. The molecule has 1 N–H and O–H groups in total. The summed E-state index contributed by atoms with van der Waals surface area (Å²) in [4.78, 5) is 13.4. The Balaban J connectivity index is 2.02. The van der Waals surface area contributed by atoms with Gasteiger partial charge in [-0.2, -0.15) is 0 Å². The van der Waals surface area contributed by atoms with Crippen LogP contribution in [0, 0.1) is 0 Å². The van der Waals surface area contributed by atoms with E-state index in [1.807, 2.05) is 31.2 Å². The number of hydrogen-bond donors (Lipinski definition) is 1. The van der Waals surface area contributed by atoms with Gasteiger partial charge in [0.25, 0.3) is 0 Å². The smallest absolute Gasteiger partial charge is 0.237 e. The Morgan fingerprint density at radius 2 is 1.58 bits per heavy atom. The molecule has 0 aliphatic rings. The van der Waals surface area contributed by atoms with E-state index in [4.69, 9.17) is 14.2 Å². The number of nitrogens with one attached hydrogen (secondary N) is 1. The minimum absolute atomic E-state index is 0.0979. The predicted molar refractivity (Wildman–Crippen MR) is 96.5 cm³/mol. The number of anilines is 1. The Morgan fingerprint density at radius 3 is 2.17 bits per heavy atom. The highest BCUT2D eigenvalue weighted by Gasteiger charge is 2.16. The molecule has 6 heteroatoms. The molecule has 0 aliphatic carbocycles. The third-order valence-electron chi connectivity index (χ3n) is 3.41. The van der Waals surface area contributed by atoms with Gasteiger partial charge < -0.3 is 19.5 Å². The maximum absolute atomic E-state index is 12.4. The summed E-state index contributed by atoms with van der Waals surface area (Å²) in [5.41, 5.74) is 0.616. The zero-order valence-corrected chi connectivity index (χ0v) is 15.0. The fraction of sp³-hybridized carbons (Fsp3) is 0.278. The summed E-state index contributed by atoms with van der Waals surface area (Å²) >= 11 is 1.48. The summed E-state index contributed by atoms with van der Waals surface area (Å²) < 4.78 is 15.6. The van der Waals surface area contributed by atoms with Crippen molar-refractivity contribution in [2.75, 3.05) is 26.6 Å².